The molecule has 1 aromatic carbocycles. The number of hydrogen-bond donors (Lipinski definition) is 3. The zero-order chi connectivity index (χ0) is 31.6. The first-order chi connectivity index (χ1) is 21.0. The van der Waals surface area contributed by atoms with E-state index >= 15 is 0 Å². The minimum absolute atomic E-state index is 0.0165. The van der Waals surface area contributed by atoms with E-state index in [-0.39, 0.29) is 25.0 Å². The summed E-state index contributed by atoms with van der Waals surface area (Å²) in [6.45, 7) is 10.0. The summed E-state index contributed by atoms with van der Waals surface area (Å²) in [5, 5.41) is 27.9. The zero-order valence-electron chi connectivity index (χ0n) is 25.2. The molecule has 0 radical (unpaired) electrons. The van der Waals surface area contributed by atoms with Gasteiger partial charge in [0.1, 0.15) is 18.1 Å². The summed E-state index contributed by atoms with van der Waals surface area (Å²) in [6.07, 6.45) is 3.31. The van der Waals surface area contributed by atoms with Crippen LogP contribution in [0.5, 0.6) is 0 Å². The normalized spacial score (nSPS) is 23.0. The molecule has 14 heteroatoms. The number of benzene rings is 1. The number of hydrogen-bond acceptors (Lipinski definition) is 12. The van der Waals surface area contributed by atoms with Crippen LogP contribution in [0.15, 0.2) is 46.0 Å². The van der Waals surface area contributed by atoms with Gasteiger partial charge < -0.3 is 15.2 Å². The molecule has 0 spiro atoms. The Hall–Kier alpha value is -3.90. The third kappa shape index (κ3) is 6.32. The van der Waals surface area contributed by atoms with E-state index in [1.54, 1.807) is 46.0 Å². The molecule has 234 valence electrons. The number of fused-ring (bicyclic) bond motifs is 1. The largest absolute Gasteiger partial charge is 0.481 e. The average molecular weight is 625 g/mol. The number of amidine groups is 1. The van der Waals surface area contributed by atoms with Gasteiger partial charge in [-0.25, -0.2) is 14.2 Å². The third-order valence-corrected chi connectivity index (χ3v) is 9.11. The standard InChI is InChI=1S/C30H37FN8O4S/c1-5-43-27(40)23-22(35-25(26-33-9-12-44-26)36-24(23)20-7-6-8-21(31)18(20)2)15-37-10-11-39-19(13-37)14-38(29(39)34-17-32)16-30(3,4)28(41)42/h6-9,12,19,24,29,34H,5,10-11,13-16H2,1-4H3,(H,35,36)(H,41,42)/t19?,24-,29?/m0/s1. The van der Waals surface area contributed by atoms with Crippen LogP contribution in [0.3, 0.4) is 0 Å². The van der Waals surface area contributed by atoms with E-state index in [0.717, 1.165) is 0 Å². The summed E-state index contributed by atoms with van der Waals surface area (Å²) in [4.78, 5) is 41.1. The number of esters is 1. The quantitative estimate of drug-likeness (QED) is 0.203. The molecule has 3 atom stereocenters. The number of nitrogens with one attached hydrogen (secondary N) is 2. The lowest BCUT2D eigenvalue weighted by atomic mass is 9.92. The third-order valence-electron chi connectivity index (χ3n) is 8.33. The second-order valence-corrected chi connectivity index (χ2v) is 12.7. The van der Waals surface area contributed by atoms with Crippen molar-refractivity contribution in [3.05, 3.63) is 63.0 Å². The fourth-order valence-corrected chi connectivity index (χ4v) is 6.68. The Morgan fingerprint density at radius 3 is 2.80 bits per heavy atom. The van der Waals surface area contributed by atoms with Gasteiger partial charge in [-0.1, -0.05) is 12.1 Å². The Labute approximate surface area is 259 Å². The monoisotopic (exact) mass is 624 g/mol. The Morgan fingerprint density at radius 1 is 1.32 bits per heavy atom. The van der Waals surface area contributed by atoms with Crippen molar-refractivity contribution < 1.29 is 23.8 Å². The van der Waals surface area contributed by atoms with Gasteiger partial charge in [-0.3, -0.25) is 29.8 Å². The van der Waals surface area contributed by atoms with Crippen molar-refractivity contribution in [1.29, 1.82) is 5.26 Å². The van der Waals surface area contributed by atoms with E-state index in [2.05, 4.69) is 25.4 Å². The molecule has 2 aromatic rings. The van der Waals surface area contributed by atoms with Gasteiger partial charge in [0.05, 0.1) is 17.6 Å². The number of ether oxygens (including phenoxy) is 1. The van der Waals surface area contributed by atoms with E-state index < -0.39 is 29.7 Å². The van der Waals surface area contributed by atoms with Crippen molar-refractivity contribution in [3.8, 4) is 6.19 Å². The van der Waals surface area contributed by atoms with Gasteiger partial charge in [0, 0.05) is 62.6 Å². The molecule has 5 rings (SSSR count). The van der Waals surface area contributed by atoms with Crippen LogP contribution >= 0.6 is 11.3 Å². The molecule has 4 heterocycles. The number of thiazole rings is 1. The van der Waals surface area contributed by atoms with Crippen LogP contribution in [-0.2, 0) is 14.3 Å². The van der Waals surface area contributed by atoms with Crippen molar-refractivity contribution in [1.82, 2.24) is 30.3 Å². The van der Waals surface area contributed by atoms with Gasteiger partial charge in [0.25, 0.3) is 0 Å². The summed E-state index contributed by atoms with van der Waals surface area (Å²) in [7, 11) is 0. The number of aliphatic imine (C=N–C) groups is 1. The van der Waals surface area contributed by atoms with Crippen molar-refractivity contribution in [2.24, 2.45) is 10.4 Å². The lowest BCUT2D eigenvalue weighted by Gasteiger charge is -2.40. The summed E-state index contributed by atoms with van der Waals surface area (Å²) in [6, 6.07) is 3.99. The highest BCUT2D eigenvalue weighted by Gasteiger charge is 2.45. The van der Waals surface area contributed by atoms with E-state index in [0.29, 0.717) is 66.0 Å². The molecule has 2 saturated heterocycles. The number of nitrogens with zero attached hydrogens (tertiary/aromatic N) is 6. The molecule has 0 amide bonds. The van der Waals surface area contributed by atoms with Crippen LogP contribution in [0.1, 0.15) is 42.9 Å². The molecule has 0 aliphatic carbocycles. The molecule has 3 aliphatic rings. The maximum absolute atomic E-state index is 14.8. The Bertz CT molecular complexity index is 1500. The molecular formula is C30H37FN8O4S. The molecule has 3 aliphatic heterocycles. The molecule has 1 aromatic heterocycles. The number of nitriles is 1. The predicted molar refractivity (Wildman–Crippen MR) is 162 cm³/mol. The van der Waals surface area contributed by atoms with Gasteiger partial charge in [-0.15, -0.1) is 11.3 Å². The average Bonchev–Trinajstić information content (AvgIpc) is 3.63. The fraction of sp³-hybridized carbons (Fsp3) is 0.500. The highest BCUT2D eigenvalue weighted by Crippen LogP contribution is 2.36. The van der Waals surface area contributed by atoms with E-state index in [1.165, 1.54) is 17.4 Å². The zero-order valence-corrected chi connectivity index (χ0v) is 26.0. The lowest BCUT2D eigenvalue weighted by molar-refractivity contribution is -0.148. The van der Waals surface area contributed by atoms with Crippen molar-refractivity contribution in [3.63, 3.8) is 0 Å². The summed E-state index contributed by atoms with van der Waals surface area (Å²) >= 11 is 1.41. The smallest absolute Gasteiger partial charge is 0.338 e. The predicted octanol–water partition coefficient (Wildman–Crippen LogP) is 2.27. The van der Waals surface area contributed by atoms with Crippen molar-refractivity contribution in [2.45, 2.75) is 46.1 Å². The molecule has 3 N–H and O–H groups in total. The number of rotatable bonds is 10. The van der Waals surface area contributed by atoms with Gasteiger partial charge in [-0.05, 0) is 44.9 Å². The van der Waals surface area contributed by atoms with E-state index in [4.69, 9.17) is 9.73 Å². The first kappa shape index (κ1) is 31.5. The van der Waals surface area contributed by atoms with Crippen LogP contribution in [0.4, 0.5) is 4.39 Å². The number of carbonyl (C=O) groups excluding carboxylic acids is 1. The maximum atomic E-state index is 14.8. The van der Waals surface area contributed by atoms with Crippen LogP contribution in [0.25, 0.3) is 0 Å². The second-order valence-electron chi connectivity index (χ2n) is 11.8. The van der Waals surface area contributed by atoms with Gasteiger partial charge in [0.2, 0.25) is 0 Å². The number of carboxylic acids is 1. The first-order valence-corrected chi connectivity index (χ1v) is 15.4. The molecule has 44 heavy (non-hydrogen) atoms. The molecule has 0 bridgehead atoms. The highest BCUT2D eigenvalue weighted by atomic mass is 32.1. The lowest BCUT2D eigenvalue weighted by Crippen LogP contribution is -2.57. The minimum atomic E-state index is -0.995. The number of carboxylic acid groups (broad SMARTS) is 1. The summed E-state index contributed by atoms with van der Waals surface area (Å²) < 4.78 is 20.3. The first-order valence-electron chi connectivity index (χ1n) is 14.5. The molecule has 12 nitrogen and oxygen atoms in total. The molecule has 0 saturated carbocycles. The summed E-state index contributed by atoms with van der Waals surface area (Å²) in [5.41, 5.74) is 0.916. The van der Waals surface area contributed by atoms with Crippen molar-refractivity contribution in [2.75, 3.05) is 45.9 Å². The maximum Gasteiger partial charge on any atom is 0.338 e. The minimum Gasteiger partial charge on any atom is -0.481 e. The van der Waals surface area contributed by atoms with Gasteiger partial charge >= 0.3 is 11.9 Å². The van der Waals surface area contributed by atoms with Gasteiger partial charge in [0.15, 0.2) is 17.0 Å². The Balaban J connectivity index is 1.46. The van der Waals surface area contributed by atoms with Gasteiger partial charge in [-0.2, -0.15) is 5.26 Å². The number of aliphatic carboxylic acids is 1. The molecule has 2 fully saturated rings. The number of carbonyl (C=O) groups is 2. The number of piperazine rings is 1. The molecule has 2 unspecified atom stereocenters. The molecular weight excluding hydrogens is 587 g/mol. The fourth-order valence-electron chi connectivity index (χ4n) is 6.09. The second kappa shape index (κ2) is 13.0. The highest BCUT2D eigenvalue weighted by molar-refractivity contribution is 7.11. The van der Waals surface area contributed by atoms with E-state index in [9.17, 15) is 24.3 Å². The van der Waals surface area contributed by atoms with E-state index in [1.807, 2.05) is 16.5 Å². The van der Waals surface area contributed by atoms with Crippen molar-refractivity contribution >= 4 is 29.1 Å². The number of halogens is 1. The summed E-state index contributed by atoms with van der Waals surface area (Å²) in [5.74, 6) is -1.31. The van der Waals surface area contributed by atoms with Crippen LogP contribution in [-0.4, -0.2) is 101 Å². The Kier molecular flexibility index (Phi) is 9.31. The topological polar surface area (TPSA) is 146 Å². The number of aromatic nitrogens is 1. The Morgan fingerprint density at radius 2 is 2.11 bits per heavy atom. The van der Waals surface area contributed by atoms with Crippen LogP contribution in [0, 0.1) is 29.6 Å². The van der Waals surface area contributed by atoms with Crippen LogP contribution < -0.4 is 10.6 Å². The van der Waals surface area contributed by atoms with Crippen LogP contribution in [0.2, 0.25) is 0 Å². The SMILES string of the molecule is CCOC(=O)C1=C(CN2CCN3C(C2)CN(CC(C)(C)C(=O)O)C3NC#N)NC(c2nccs2)=N[C@H]1c1cccc(F)c1C.